The number of nitrogens with zero attached hydrogens (tertiary/aromatic N) is 6. The highest BCUT2D eigenvalue weighted by atomic mass is 79.9. The molecule has 4 heterocycles. The molecule has 0 saturated carbocycles. The number of ether oxygens (including phenoxy) is 1. The number of carbonyl (C=O) groups is 3. The van der Waals surface area contributed by atoms with Crippen LogP contribution in [0.4, 0.5) is 5.69 Å². The third-order valence-electron chi connectivity index (χ3n) is 9.97. The summed E-state index contributed by atoms with van der Waals surface area (Å²) in [6, 6.07) is 23.8. The Morgan fingerprint density at radius 3 is 2.37 bits per heavy atom. The SMILES string of the molecule is C=CCN(Cn1nnc2ccccc21)C(=O)C1N([C@H](CO)c2ccccc2)C(=O)[C@@H]2[C@@H](C(=O)N(CC=C)c3ccccc3)[C@@H]3OC12CC3Br. The lowest BCUT2D eigenvalue weighted by atomic mass is 9.70. The van der Waals surface area contributed by atoms with Crippen LogP contribution in [-0.2, 0) is 25.8 Å². The Labute approximate surface area is 292 Å². The van der Waals surface area contributed by atoms with Crippen LogP contribution in [-0.4, -0.2) is 89.9 Å². The number of amides is 3. The highest BCUT2D eigenvalue weighted by Gasteiger charge is 2.77. The van der Waals surface area contributed by atoms with E-state index in [9.17, 15) is 14.7 Å². The first-order valence-corrected chi connectivity index (χ1v) is 17.2. The van der Waals surface area contributed by atoms with Gasteiger partial charge >= 0.3 is 0 Å². The van der Waals surface area contributed by atoms with Crippen LogP contribution < -0.4 is 4.90 Å². The number of benzene rings is 3. The fourth-order valence-electron chi connectivity index (χ4n) is 7.96. The van der Waals surface area contributed by atoms with Crippen LogP contribution in [0.1, 0.15) is 18.0 Å². The minimum absolute atomic E-state index is 0.0322. The van der Waals surface area contributed by atoms with Gasteiger partial charge in [-0.05, 0) is 36.2 Å². The molecular weight excluding hydrogens is 688 g/mol. The molecule has 1 aromatic heterocycles. The van der Waals surface area contributed by atoms with Crippen LogP contribution in [0.3, 0.4) is 0 Å². The van der Waals surface area contributed by atoms with Crippen LogP contribution in [0.15, 0.2) is 110 Å². The number of rotatable bonds is 12. The van der Waals surface area contributed by atoms with Gasteiger partial charge in [0, 0.05) is 23.6 Å². The number of likely N-dealkylation sites (tertiary alicyclic amines) is 1. The number of alkyl halides is 1. The van der Waals surface area contributed by atoms with Crippen molar-refractivity contribution >= 4 is 50.4 Å². The van der Waals surface area contributed by atoms with Gasteiger partial charge in [0.2, 0.25) is 17.7 Å². The molecule has 3 fully saturated rings. The molecule has 49 heavy (non-hydrogen) atoms. The molecule has 2 bridgehead atoms. The van der Waals surface area contributed by atoms with Crippen molar-refractivity contribution in [1.82, 2.24) is 24.8 Å². The van der Waals surface area contributed by atoms with E-state index in [-0.39, 0.29) is 30.5 Å². The Balaban J connectivity index is 1.34. The summed E-state index contributed by atoms with van der Waals surface area (Å²) in [5.41, 5.74) is 1.40. The normalized spacial score (nSPS) is 26.0. The van der Waals surface area contributed by atoms with Crippen LogP contribution in [0.25, 0.3) is 11.0 Å². The van der Waals surface area contributed by atoms with Crippen LogP contribution in [0.2, 0.25) is 0 Å². The topological polar surface area (TPSA) is 121 Å². The molecular formula is C37H37BrN6O5. The molecule has 7 atom stereocenters. The van der Waals surface area contributed by atoms with E-state index in [4.69, 9.17) is 4.74 Å². The molecule has 3 aromatic carbocycles. The lowest BCUT2D eigenvalue weighted by Gasteiger charge is -2.39. The minimum atomic E-state index is -1.35. The van der Waals surface area contributed by atoms with Gasteiger partial charge in [0.1, 0.15) is 23.8 Å². The third kappa shape index (κ3) is 5.38. The summed E-state index contributed by atoms with van der Waals surface area (Å²) in [6.45, 7) is 7.73. The number of aromatic nitrogens is 3. The number of halogens is 1. The minimum Gasteiger partial charge on any atom is -0.394 e. The summed E-state index contributed by atoms with van der Waals surface area (Å²) < 4.78 is 8.45. The Kier molecular flexibility index (Phi) is 8.95. The predicted molar refractivity (Wildman–Crippen MR) is 187 cm³/mol. The summed E-state index contributed by atoms with van der Waals surface area (Å²) in [5.74, 6) is -2.96. The quantitative estimate of drug-likeness (QED) is 0.173. The number of aliphatic hydroxyl groups excluding tert-OH is 1. The predicted octanol–water partition coefficient (Wildman–Crippen LogP) is 4.10. The second-order valence-electron chi connectivity index (χ2n) is 12.7. The van der Waals surface area contributed by atoms with E-state index < -0.39 is 54.0 Å². The number of para-hydroxylation sites is 2. The Morgan fingerprint density at radius 1 is 1.00 bits per heavy atom. The van der Waals surface area contributed by atoms with E-state index in [1.165, 1.54) is 4.90 Å². The second-order valence-corrected chi connectivity index (χ2v) is 13.8. The van der Waals surface area contributed by atoms with Crippen molar-refractivity contribution in [2.45, 2.75) is 41.7 Å². The van der Waals surface area contributed by atoms with Gasteiger partial charge in [-0.2, -0.15) is 0 Å². The van der Waals surface area contributed by atoms with E-state index in [1.54, 1.807) is 26.6 Å². The molecule has 3 unspecified atom stereocenters. The average molecular weight is 726 g/mol. The Bertz CT molecular complexity index is 1890. The highest BCUT2D eigenvalue weighted by molar-refractivity contribution is 9.09. The maximum Gasteiger partial charge on any atom is 0.250 e. The van der Waals surface area contributed by atoms with Crippen LogP contribution in [0.5, 0.6) is 0 Å². The smallest absolute Gasteiger partial charge is 0.250 e. The Hall–Kier alpha value is -4.65. The van der Waals surface area contributed by atoms with Crippen molar-refractivity contribution in [2.75, 3.05) is 24.6 Å². The van der Waals surface area contributed by atoms with Crippen molar-refractivity contribution in [1.29, 1.82) is 0 Å². The van der Waals surface area contributed by atoms with E-state index in [0.717, 1.165) is 5.52 Å². The molecule has 12 heteroatoms. The van der Waals surface area contributed by atoms with Gasteiger partial charge in [-0.3, -0.25) is 14.4 Å². The molecule has 11 nitrogen and oxygen atoms in total. The second kappa shape index (κ2) is 13.3. The molecule has 1 N–H and O–H groups in total. The summed E-state index contributed by atoms with van der Waals surface area (Å²) in [6.07, 6.45) is 2.92. The highest BCUT2D eigenvalue weighted by Crippen LogP contribution is 2.61. The van der Waals surface area contributed by atoms with Crippen molar-refractivity contribution in [2.24, 2.45) is 11.8 Å². The maximum absolute atomic E-state index is 15.1. The number of hydrogen-bond donors (Lipinski definition) is 1. The lowest BCUT2D eigenvalue weighted by Crippen LogP contribution is -2.57. The van der Waals surface area contributed by atoms with Gasteiger partial charge in [-0.25, -0.2) is 4.68 Å². The van der Waals surface area contributed by atoms with Gasteiger partial charge in [-0.1, -0.05) is 94.0 Å². The van der Waals surface area contributed by atoms with E-state index in [0.29, 0.717) is 23.2 Å². The zero-order chi connectivity index (χ0) is 34.3. The summed E-state index contributed by atoms with van der Waals surface area (Å²) in [7, 11) is 0. The summed E-state index contributed by atoms with van der Waals surface area (Å²) >= 11 is 3.78. The van der Waals surface area contributed by atoms with E-state index in [2.05, 4.69) is 39.4 Å². The Morgan fingerprint density at radius 2 is 1.67 bits per heavy atom. The lowest BCUT2D eigenvalue weighted by molar-refractivity contribution is -0.152. The molecule has 0 aliphatic carbocycles. The van der Waals surface area contributed by atoms with Gasteiger partial charge in [-0.15, -0.1) is 18.3 Å². The first kappa shape index (κ1) is 32.9. The maximum atomic E-state index is 15.1. The molecule has 3 amide bonds. The van der Waals surface area contributed by atoms with Crippen molar-refractivity contribution < 1.29 is 24.2 Å². The molecule has 4 aromatic rings. The van der Waals surface area contributed by atoms with Gasteiger partial charge in [0.25, 0.3) is 0 Å². The number of carbonyl (C=O) groups excluding carboxylic acids is 3. The zero-order valence-electron chi connectivity index (χ0n) is 26.8. The van der Waals surface area contributed by atoms with Crippen molar-refractivity contribution in [3.8, 4) is 0 Å². The first-order chi connectivity index (χ1) is 23.8. The van der Waals surface area contributed by atoms with Crippen molar-refractivity contribution in [3.63, 3.8) is 0 Å². The van der Waals surface area contributed by atoms with Crippen LogP contribution in [0, 0.1) is 11.8 Å². The van der Waals surface area contributed by atoms with E-state index >= 15 is 4.79 Å². The van der Waals surface area contributed by atoms with Gasteiger partial charge in [0.05, 0.1) is 36.1 Å². The fourth-order valence-corrected chi connectivity index (χ4v) is 8.91. The fraction of sp³-hybridized carbons (Fsp3) is 0.324. The largest absolute Gasteiger partial charge is 0.394 e. The van der Waals surface area contributed by atoms with E-state index in [1.807, 2.05) is 84.9 Å². The first-order valence-electron chi connectivity index (χ1n) is 16.3. The van der Waals surface area contributed by atoms with Crippen molar-refractivity contribution in [3.05, 3.63) is 116 Å². The standard InChI is InChI=1S/C37H37BrN6O5/c1-3-19-41(23-43-28-18-12-11-17-27(28)39-40-43)36(48)33-37-21-26(38)32(49-37)30(34(46)42(20-4-2)25-15-9-6-10-16-25)31(37)35(47)44(33)29(22-45)24-13-7-5-8-14-24/h3-18,26,29-33,45H,1-2,19-23H2/t26?,29-,30-,31+,32-,33?,37?/m1/s1. The summed E-state index contributed by atoms with van der Waals surface area (Å²) in [5, 5.41) is 19.5. The molecule has 3 aliphatic rings. The average Bonchev–Trinajstić information content (AvgIpc) is 3.85. The van der Waals surface area contributed by atoms with Gasteiger partial charge in [0.15, 0.2) is 0 Å². The van der Waals surface area contributed by atoms with Gasteiger partial charge < -0.3 is 24.5 Å². The number of anilines is 1. The molecule has 3 saturated heterocycles. The zero-order valence-corrected chi connectivity index (χ0v) is 28.4. The number of fused-ring (bicyclic) bond motifs is 2. The summed E-state index contributed by atoms with van der Waals surface area (Å²) in [4.78, 5) is 49.1. The number of aliphatic hydroxyl groups is 1. The molecule has 1 spiro atoms. The molecule has 0 radical (unpaired) electrons. The monoisotopic (exact) mass is 724 g/mol. The molecule has 3 aliphatic heterocycles. The van der Waals surface area contributed by atoms with Crippen LogP contribution >= 0.6 is 15.9 Å². The third-order valence-corrected chi connectivity index (χ3v) is 10.8. The molecule has 7 rings (SSSR count). The molecule has 252 valence electrons. The number of hydrogen-bond acceptors (Lipinski definition) is 7.